The third kappa shape index (κ3) is 3.93. The van der Waals surface area contributed by atoms with Crippen LogP contribution in [0.2, 0.25) is 5.02 Å². The van der Waals surface area contributed by atoms with Crippen molar-refractivity contribution in [2.75, 3.05) is 12.4 Å². The molecular weight excluding hydrogens is 622 g/mol. The molecule has 236 valence electrons. The van der Waals surface area contributed by atoms with E-state index in [1.54, 1.807) is 92.0 Å². The van der Waals surface area contributed by atoms with Gasteiger partial charge in [-0.05, 0) is 47.9 Å². The number of nitrogens with one attached hydrogen (secondary N) is 1. The zero-order valence-corrected chi connectivity index (χ0v) is 26.7. The molecule has 0 bridgehead atoms. The molecular formula is C41H30ClNO5. The van der Waals surface area contributed by atoms with E-state index >= 15 is 19.2 Å². The van der Waals surface area contributed by atoms with E-state index in [1.165, 1.54) is 0 Å². The highest BCUT2D eigenvalue weighted by molar-refractivity contribution is 6.36. The van der Waals surface area contributed by atoms with Gasteiger partial charge in [0.25, 0.3) is 0 Å². The zero-order valence-electron chi connectivity index (χ0n) is 26.0. The van der Waals surface area contributed by atoms with E-state index in [1.807, 2.05) is 42.5 Å². The molecule has 3 aliphatic rings. The quantitative estimate of drug-likeness (QED) is 0.193. The number of methoxy groups -OCH3 is 1. The monoisotopic (exact) mass is 651 g/mol. The molecule has 1 N–H and O–H groups in total. The summed E-state index contributed by atoms with van der Waals surface area (Å²) in [4.78, 5) is 61.2. The second-order valence-corrected chi connectivity index (χ2v) is 13.1. The molecule has 0 aromatic heterocycles. The Morgan fingerprint density at radius 2 is 1.08 bits per heavy atom. The van der Waals surface area contributed by atoms with Gasteiger partial charge in [-0.2, -0.15) is 0 Å². The fourth-order valence-corrected chi connectivity index (χ4v) is 8.97. The molecule has 8 rings (SSSR count). The van der Waals surface area contributed by atoms with Crippen molar-refractivity contribution < 1.29 is 23.9 Å². The molecule has 0 heterocycles. The van der Waals surface area contributed by atoms with Crippen LogP contribution in [-0.4, -0.2) is 36.3 Å². The van der Waals surface area contributed by atoms with Crippen LogP contribution in [0.25, 0.3) is 0 Å². The van der Waals surface area contributed by atoms with Gasteiger partial charge in [-0.1, -0.05) is 109 Å². The number of hydrogen-bond donors (Lipinski definition) is 1. The lowest BCUT2D eigenvalue weighted by atomic mass is 9.43. The highest BCUT2D eigenvalue weighted by atomic mass is 35.5. The van der Waals surface area contributed by atoms with Gasteiger partial charge in [-0.15, -0.1) is 0 Å². The van der Waals surface area contributed by atoms with Crippen LogP contribution in [0.15, 0.2) is 127 Å². The Balaban J connectivity index is 1.49. The Kier molecular flexibility index (Phi) is 6.97. The fraction of sp³-hybridized carbons (Fsp3) is 0.171. The number of rotatable bonds is 5. The van der Waals surface area contributed by atoms with Gasteiger partial charge < -0.3 is 10.1 Å². The molecule has 0 saturated heterocycles. The van der Waals surface area contributed by atoms with Crippen molar-refractivity contribution in [3.63, 3.8) is 0 Å². The number of hydrogen-bond acceptors (Lipinski definition) is 6. The van der Waals surface area contributed by atoms with Gasteiger partial charge in [0, 0.05) is 50.8 Å². The standard InChI is InChI=1S/C41H30ClNO5/c1-48-26-21-19-25(20-22-26)43-34-23-32(24-11-3-2-4-12-24)40(36(44)27-13-5-6-14-28(27)37(40)45)35(31-17-9-10-18-33(31)42)41(34)38(46)29-15-7-8-16-30(29)39(41)47/h2-22,32,34-35,43H,23H2,1H3/t32-,34-,35+/m1/s1. The summed E-state index contributed by atoms with van der Waals surface area (Å²) >= 11 is 7.05. The lowest BCUT2D eigenvalue weighted by Crippen LogP contribution is -2.65. The van der Waals surface area contributed by atoms with Gasteiger partial charge in [-0.3, -0.25) is 19.2 Å². The predicted molar refractivity (Wildman–Crippen MR) is 183 cm³/mol. The smallest absolute Gasteiger partial charge is 0.180 e. The summed E-state index contributed by atoms with van der Waals surface area (Å²) in [6.45, 7) is 0. The third-order valence-corrected chi connectivity index (χ3v) is 11.0. The third-order valence-electron chi connectivity index (χ3n) is 10.7. The van der Waals surface area contributed by atoms with E-state index in [0.29, 0.717) is 17.0 Å². The summed E-state index contributed by atoms with van der Waals surface area (Å²) in [7, 11) is 1.58. The molecule has 48 heavy (non-hydrogen) atoms. The Bertz CT molecular complexity index is 2070. The molecule has 7 heteroatoms. The number of carbonyl (C=O) groups is 4. The molecule has 3 atom stereocenters. The second-order valence-electron chi connectivity index (χ2n) is 12.7. The summed E-state index contributed by atoms with van der Waals surface area (Å²) < 4.78 is 5.38. The minimum absolute atomic E-state index is 0.133. The van der Waals surface area contributed by atoms with Gasteiger partial charge in [0.05, 0.1) is 7.11 Å². The first-order chi connectivity index (χ1) is 23.3. The van der Waals surface area contributed by atoms with Crippen molar-refractivity contribution in [3.05, 3.63) is 166 Å². The van der Waals surface area contributed by atoms with Crippen LogP contribution < -0.4 is 10.1 Å². The molecule has 5 aromatic rings. The lowest BCUT2D eigenvalue weighted by molar-refractivity contribution is 0.0165. The Hall–Kier alpha value is -5.33. The molecule has 1 saturated carbocycles. The van der Waals surface area contributed by atoms with Crippen molar-refractivity contribution >= 4 is 40.4 Å². The van der Waals surface area contributed by atoms with Crippen molar-refractivity contribution in [2.45, 2.75) is 24.3 Å². The van der Waals surface area contributed by atoms with E-state index in [0.717, 1.165) is 5.56 Å². The van der Waals surface area contributed by atoms with E-state index in [-0.39, 0.29) is 33.7 Å². The molecule has 3 aliphatic carbocycles. The summed E-state index contributed by atoms with van der Waals surface area (Å²) in [5.74, 6) is -3.00. The predicted octanol–water partition coefficient (Wildman–Crippen LogP) is 8.23. The Labute approximate surface area is 282 Å². The number of ether oxygens (including phenoxy) is 1. The molecule has 0 unspecified atom stereocenters. The molecule has 0 aliphatic heterocycles. The molecule has 1 fully saturated rings. The van der Waals surface area contributed by atoms with Crippen LogP contribution in [-0.2, 0) is 0 Å². The van der Waals surface area contributed by atoms with Gasteiger partial charge >= 0.3 is 0 Å². The SMILES string of the molecule is COc1ccc(N[C@@H]2C[C@H](c3ccccc3)C3(C(=O)c4ccccc4C3=O)[C@H](c3ccccc3Cl)C23C(=O)c2ccccc2C3=O)cc1. The minimum atomic E-state index is -1.91. The molecule has 6 nitrogen and oxygen atoms in total. The van der Waals surface area contributed by atoms with Crippen molar-refractivity contribution in [2.24, 2.45) is 10.8 Å². The maximum atomic E-state index is 15.3. The summed E-state index contributed by atoms with van der Waals surface area (Å²) in [6.07, 6.45) is 0.133. The van der Waals surface area contributed by atoms with Crippen LogP contribution in [0.5, 0.6) is 5.75 Å². The van der Waals surface area contributed by atoms with Crippen molar-refractivity contribution in [3.8, 4) is 5.75 Å². The zero-order chi connectivity index (χ0) is 33.2. The van der Waals surface area contributed by atoms with Gasteiger partial charge in [0.15, 0.2) is 23.1 Å². The number of anilines is 1. The lowest BCUT2D eigenvalue weighted by Gasteiger charge is -2.56. The summed E-state index contributed by atoms with van der Waals surface area (Å²) in [5, 5.41) is 3.84. The van der Waals surface area contributed by atoms with Crippen molar-refractivity contribution in [1.29, 1.82) is 0 Å². The first-order valence-corrected chi connectivity index (χ1v) is 16.3. The minimum Gasteiger partial charge on any atom is -0.497 e. The van der Waals surface area contributed by atoms with E-state index < -0.39 is 51.8 Å². The van der Waals surface area contributed by atoms with Gasteiger partial charge in [-0.25, -0.2) is 0 Å². The number of benzene rings is 5. The summed E-state index contributed by atoms with van der Waals surface area (Å²) in [5.41, 5.74) is -0.838. The van der Waals surface area contributed by atoms with E-state index in [2.05, 4.69) is 5.32 Å². The first-order valence-electron chi connectivity index (χ1n) is 15.9. The number of fused-ring (bicyclic) bond motifs is 2. The normalized spacial score (nSPS) is 21.8. The maximum absolute atomic E-state index is 15.3. The number of carbonyl (C=O) groups excluding carboxylic acids is 4. The molecule has 2 spiro atoms. The maximum Gasteiger partial charge on any atom is 0.180 e. The molecule has 0 radical (unpaired) electrons. The average molecular weight is 652 g/mol. The molecule has 5 aromatic carbocycles. The topological polar surface area (TPSA) is 89.5 Å². The first kappa shape index (κ1) is 30.0. The van der Waals surface area contributed by atoms with Crippen LogP contribution >= 0.6 is 11.6 Å². The van der Waals surface area contributed by atoms with E-state index in [9.17, 15) is 0 Å². The van der Waals surface area contributed by atoms with E-state index in [4.69, 9.17) is 16.3 Å². The number of halogens is 1. The Morgan fingerprint density at radius 1 is 0.604 bits per heavy atom. The number of ketones is 4. The van der Waals surface area contributed by atoms with Gasteiger partial charge in [0.2, 0.25) is 0 Å². The average Bonchev–Trinajstić information content (AvgIpc) is 3.48. The van der Waals surface area contributed by atoms with Crippen LogP contribution in [0.1, 0.15) is 70.8 Å². The highest BCUT2D eigenvalue weighted by Crippen LogP contribution is 2.69. The molecule has 0 amide bonds. The largest absolute Gasteiger partial charge is 0.497 e. The second kappa shape index (κ2) is 11.1. The fourth-order valence-electron chi connectivity index (χ4n) is 8.73. The van der Waals surface area contributed by atoms with Crippen LogP contribution in [0.4, 0.5) is 5.69 Å². The summed E-state index contributed by atoms with van der Waals surface area (Å²) in [6, 6.07) is 36.4. The highest BCUT2D eigenvalue weighted by Gasteiger charge is 2.77. The van der Waals surface area contributed by atoms with Crippen LogP contribution in [0.3, 0.4) is 0 Å². The number of Topliss-reactive ketones (excluding diaryl/α,β-unsaturated/α-hetero) is 4. The Morgan fingerprint density at radius 3 is 1.60 bits per heavy atom. The van der Waals surface area contributed by atoms with Crippen molar-refractivity contribution in [1.82, 2.24) is 0 Å². The van der Waals surface area contributed by atoms with Crippen LogP contribution in [0, 0.1) is 10.8 Å². The van der Waals surface area contributed by atoms with Gasteiger partial charge in [0.1, 0.15) is 16.6 Å².